The Bertz CT molecular complexity index is 1020. The fraction of sp³-hybridized carbons (Fsp3) is 0.316. The standard InChI is InChI=1S/C19H15BrF5N3/c1-9-4-12-11(2-3-15-17(12)27-8-26-15)18(28(9)7-19(23,24)25)16-13(21)5-10(20)6-14(16)22/h2-3,5-6,8-9,18H,4,7H2,1H3,(H,26,27)/t9-,18+/m1/s1. The van der Waals surface area contributed by atoms with Gasteiger partial charge in [0.25, 0.3) is 0 Å². The van der Waals surface area contributed by atoms with Gasteiger partial charge >= 0.3 is 6.18 Å². The van der Waals surface area contributed by atoms with Gasteiger partial charge in [-0.05, 0) is 42.7 Å². The van der Waals surface area contributed by atoms with E-state index in [-0.39, 0.29) is 4.47 Å². The van der Waals surface area contributed by atoms with E-state index < -0.39 is 42.0 Å². The van der Waals surface area contributed by atoms with Crippen LogP contribution in [0.4, 0.5) is 22.0 Å². The number of imidazole rings is 1. The molecule has 0 aliphatic carbocycles. The number of hydrogen-bond donors (Lipinski definition) is 1. The Labute approximate surface area is 165 Å². The summed E-state index contributed by atoms with van der Waals surface area (Å²) in [6.45, 7) is 0.355. The highest BCUT2D eigenvalue weighted by atomic mass is 79.9. The van der Waals surface area contributed by atoms with Crippen molar-refractivity contribution < 1.29 is 22.0 Å². The first-order valence-corrected chi connectivity index (χ1v) is 9.37. The third-order valence-corrected chi connectivity index (χ3v) is 5.56. The van der Waals surface area contributed by atoms with Crippen LogP contribution in [0.5, 0.6) is 0 Å². The molecule has 0 saturated heterocycles. The van der Waals surface area contributed by atoms with Gasteiger partial charge in [-0.1, -0.05) is 22.0 Å². The molecule has 28 heavy (non-hydrogen) atoms. The van der Waals surface area contributed by atoms with E-state index >= 15 is 0 Å². The highest BCUT2D eigenvalue weighted by Gasteiger charge is 2.43. The molecule has 1 aliphatic rings. The van der Waals surface area contributed by atoms with Gasteiger partial charge < -0.3 is 4.98 Å². The van der Waals surface area contributed by atoms with Crippen LogP contribution < -0.4 is 0 Å². The van der Waals surface area contributed by atoms with Gasteiger partial charge in [-0.25, -0.2) is 13.8 Å². The Morgan fingerprint density at radius 2 is 1.89 bits per heavy atom. The van der Waals surface area contributed by atoms with Gasteiger partial charge in [-0.3, -0.25) is 4.90 Å². The van der Waals surface area contributed by atoms with E-state index in [1.165, 1.54) is 6.33 Å². The van der Waals surface area contributed by atoms with E-state index in [9.17, 15) is 22.0 Å². The van der Waals surface area contributed by atoms with E-state index in [1.807, 2.05) is 0 Å². The summed E-state index contributed by atoms with van der Waals surface area (Å²) in [5.74, 6) is -1.79. The van der Waals surface area contributed by atoms with E-state index in [2.05, 4.69) is 25.9 Å². The van der Waals surface area contributed by atoms with E-state index in [0.29, 0.717) is 23.1 Å². The van der Waals surface area contributed by atoms with Crippen LogP contribution >= 0.6 is 15.9 Å². The van der Waals surface area contributed by atoms with Gasteiger partial charge in [0, 0.05) is 16.1 Å². The predicted octanol–water partition coefficient (Wildman–Crippen LogP) is 5.50. The lowest BCUT2D eigenvalue weighted by Crippen LogP contribution is -2.47. The van der Waals surface area contributed by atoms with Gasteiger partial charge in [0.15, 0.2) is 0 Å². The van der Waals surface area contributed by atoms with E-state index in [1.54, 1.807) is 19.1 Å². The maximum atomic E-state index is 14.8. The number of benzene rings is 2. The van der Waals surface area contributed by atoms with Crippen molar-refractivity contribution in [2.75, 3.05) is 6.54 Å². The molecule has 0 amide bonds. The second-order valence-corrected chi connectivity index (χ2v) is 7.87. The van der Waals surface area contributed by atoms with Gasteiger partial charge in [0.05, 0.1) is 29.9 Å². The molecular weight excluding hydrogens is 445 g/mol. The largest absolute Gasteiger partial charge is 0.401 e. The molecule has 1 aromatic heterocycles. The summed E-state index contributed by atoms with van der Waals surface area (Å²) in [6, 6.07) is 3.62. The molecule has 0 spiro atoms. The third kappa shape index (κ3) is 3.30. The molecule has 2 heterocycles. The lowest BCUT2D eigenvalue weighted by atomic mass is 9.84. The Kier molecular flexibility index (Phi) is 4.70. The minimum Gasteiger partial charge on any atom is -0.345 e. The maximum Gasteiger partial charge on any atom is 0.401 e. The number of hydrogen-bond acceptors (Lipinski definition) is 2. The molecule has 1 aliphatic heterocycles. The highest BCUT2D eigenvalue weighted by Crippen LogP contribution is 2.43. The Morgan fingerprint density at radius 1 is 1.21 bits per heavy atom. The SMILES string of the molecule is C[C@@H]1Cc2c(ccc3[nH]cnc23)[C@@H](c2c(F)cc(Br)cc2F)N1CC(F)(F)F. The van der Waals surface area contributed by atoms with Crippen LogP contribution in [-0.2, 0) is 6.42 Å². The smallest absolute Gasteiger partial charge is 0.345 e. The molecular formula is C19H15BrF5N3. The Balaban J connectivity index is 1.97. The van der Waals surface area contributed by atoms with Crippen molar-refractivity contribution >= 4 is 27.0 Å². The fourth-order valence-corrected chi connectivity index (χ4v) is 4.39. The van der Waals surface area contributed by atoms with Crippen LogP contribution in [0.3, 0.4) is 0 Å². The summed E-state index contributed by atoms with van der Waals surface area (Å²) in [6.07, 6.45) is -2.72. The molecule has 2 aromatic carbocycles. The van der Waals surface area contributed by atoms with Crippen LogP contribution in [0.15, 0.2) is 35.1 Å². The Hall–Kier alpha value is -2.00. The van der Waals surface area contributed by atoms with Crippen molar-refractivity contribution in [3.05, 3.63) is 63.4 Å². The van der Waals surface area contributed by atoms with Crippen molar-refractivity contribution in [3.63, 3.8) is 0 Å². The first-order chi connectivity index (χ1) is 13.2. The molecule has 3 aromatic rings. The van der Waals surface area contributed by atoms with Crippen LogP contribution in [0, 0.1) is 11.6 Å². The number of aromatic amines is 1. The Morgan fingerprint density at radius 3 is 2.54 bits per heavy atom. The normalized spacial score (nSPS) is 20.5. The second kappa shape index (κ2) is 6.81. The van der Waals surface area contributed by atoms with Gasteiger partial charge in [-0.15, -0.1) is 0 Å². The number of nitrogens with one attached hydrogen (secondary N) is 1. The summed E-state index contributed by atoms with van der Waals surface area (Å²) in [5.41, 5.74) is 2.08. The molecule has 4 rings (SSSR count). The number of halogens is 6. The molecule has 0 unspecified atom stereocenters. The average Bonchev–Trinajstić information content (AvgIpc) is 3.04. The number of fused-ring (bicyclic) bond motifs is 3. The molecule has 1 N–H and O–H groups in total. The molecule has 0 saturated carbocycles. The number of H-pyrrole nitrogens is 1. The molecule has 0 bridgehead atoms. The minimum atomic E-state index is -4.51. The summed E-state index contributed by atoms with van der Waals surface area (Å²) < 4.78 is 69.6. The summed E-state index contributed by atoms with van der Waals surface area (Å²) in [4.78, 5) is 8.33. The van der Waals surface area contributed by atoms with Crippen molar-refractivity contribution in [1.82, 2.24) is 14.9 Å². The van der Waals surface area contributed by atoms with Gasteiger partial charge in [0.1, 0.15) is 11.6 Å². The van der Waals surface area contributed by atoms with Gasteiger partial charge in [0.2, 0.25) is 0 Å². The molecule has 148 valence electrons. The zero-order valence-corrected chi connectivity index (χ0v) is 16.2. The predicted molar refractivity (Wildman–Crippen MR) is 97.9 cm³/mol. The molecule has 2 atom stereocenters. The average molecular weight is 460 g/mol. The molecule has 0 radical (unpaired) electrons. The molecule has 9 heteroatoms. The summed E-state index contributed by atoms with van der Waals surface area (Å²) in [7, 11) is 0. The first kappa shape index (κ1) is 19.3. The monoisotopic (exact) mass is 459 g/mol. The zero-order chi connectivity index (χ0) is 20.2. The van der Waals surface area contributed by atoms with Crippen LogP contribution in [-0.4, -0.2) is 33.6 Å². The summed E-state index contributed by atoms with van der Waals surface area (Å²) >= 11 is 3.02. The quantitative estimate of drug-likeness (QED) is 0.513. The topological polar surface area (TPSA) is 31.9 Å². The molecule has 0 fully saturated rings. The van der Waals surface area contributed by atoms with Crippen LogP contribution in [0.2, 0.25) is 0 Å². The van der Waals surface area contributed by atoms with Crippen molar-refractivity contribution in [2.45, 2.75) is 31.6 Å². The number of rotatable bonds is 2. The van der Waals surface area contributed by atoms with E-state index in [0.717, 1.165) is 22.5 Å². The first-order valence-electron chi connectivity index (χ1n) is 8.57. The number of nitrogens with zero attached hydrogens (tertiary/aromatic N) is 2. The van der Waals surface area contributed by atoms with Crippen molar-refractivity contribution in [1.29, 1.82) is 0 Å². The zero-order valence-electron chi connectivity index (χ0n) is 14.6. The lowest BCUT2D eigenvalue weighted by molar-refractivity contribution is -0.155. The maximum absolute atomic E-state index is 14.8. The van der Waals surface area contributed by atoms with Crippen molar-refractivity contribution in [2.24, 2.45) is 0 Å². The highest BCUT2D eigenvalue weighted by molar-refractivity contribution is 9.10. The second-order valence-electron chi connectivity index (χ2n) is 6.96. The number of alkyl halides is 3. The lowest BCUT2D eigenvalue weighted by Gasteiger charge is -2.42. The summed E-state index contributed by atoms with van der Waals surface area (Å²) in [5, 5.41) is 0. The minimum absolute atomic E-state index is 0.181. The fourth-order valence-electron chi connectivity index (χ4n) is 3.99. The van der Waals surface area contributed by atoms with Gasteiger partial charge in [-0.2, -0.15) is 13.2 Å². The number of aromatic nitrogens is 2. The van der Waals surface area contributed by atoms with Crippen LogP contribution in [0.1, 0.15) is 29.7 Å². The van der Waals surface area contributed by atoms with Crippen LogP contribution in [0.25, 0.3) is 11.0 Å². The third-order valence-electron chi connectivity index (χ3n) is 5.10. The van der Waals surface area contributed by atoms with Crippen molar-refractivity contribution in [3.8, 4) is 0 Å². The molecule has 3 nitrogen and oxygen atoms in total. The van der Waals surface area contributed by atoms with E-state index in [4.69, 9.17) is 0 Å².